The van der Waals surface area contributed by atoms with Gasteiger partial charge in [-0.1, -0.05) is 24.3 Å². The van der Waals surface area contributed by atoms with Gasteiger partial charge in [-0.05, 0) is 38.8 Å². The standard InChI is InChI=1S/C32H60N6O4/c1-27(39)21-33-9-10-34(22-28(2)40)14-18-37(17-13-33)25-31-7-5-6-8-32(31)26-38-19-15-35(23-29(3)41)11-12-36(16-20-38)24-30(4)42/h5-8,27-30,39-42H,9-26H2,1-4H3/t27-,28-,29-,30-/m0/s1. The molecule has 2 saturated heterocycles. The van der Waals surface area contributed by atoms with E-state index in [0.29, 0.717) is 26.2 Å². The van der Waals surface area contributed by atoms with E-state index in [0.717, 1.165) is 91.6 Å². The average Bonchev–Trinajstić information content (AvgIpc) is 3.05. The fourth-order valence-electron chi connectivity index (χ4n) is 6.26. The number of β-amino-alcohol motifs (C(OH)–C–C–N with tert-alkyl or cyclic N) is 4. The monoisotopic (exact) mass is 592 g/mol. The van der Waals surface area contributed by atoms with Gasteiger partial charge in [0.25, 0.3) is 0 Å². The SMILES string of the molecule is C[C@H](O)CN1CCN(Cc2ccccc2CN2CCN(C[C@H](C)O)CCN(C[C@H](C)O)CC2)CCN(C[C@H](C)O)CC1. The number of aliphatic hydroxyl groups is 4. The summed E-state index contributed by atoms with van der Waals surface area (Å²) in [5.41, 5.74) is 2.70. The van der Waals surface area contributed by atoms with Crippen LogP contribution in [-0.2, 0) is 13.1 Å². The summed E-state index contributed by atoms with van der Waals surface area (Å²) in [6.45, 7) is 22.9. The molecular weight excluding hydrogens is 532 g/mol. The number of hydrogen-bond donors (Lipinski definition) is 4. The lowest BCUT2D eigenvalue weighted by Gasteiger charge is -2.29. The van der Waals surface area contributed by atoms with Crippen molar-refractivity contribution in [3.8, 4) is 0 Å². The lowest BCUT2D eigenvalue weighted by atomic mass is 10.1. The molecule has 0 unspecified atom stereocenters. The second-order valence-electron chi connectivity index (χ2n) is 12.9. The molecule has 0 amide bonds. The molecule has 0 saturated carbocycles. The van der Waals surface area contributed by atoms with E-state index in [9.17, 15) is 20.4 Å². The largest absolute Gasteiger partial charge is 0.392 e. The zero-order chi connectivity index (χ0) is 30.5. The molecule has 3 rings (SSSR count). The molecule has 2 fully saturated rings. The molecule has 1 aromatic rings. The predicted octanol–water partition coefficient (Wildman–Crippen LogP) is 0.0490. The first-order valence-electron chi connectivity index (χ1n) is 16.2. The second kappa shape index (κ2) is 18.6. The summed E-state index contributed by atoms with van der Waals surface area (Å²) in [4.78, 5) is 14.5. The third kappa shape index (κ3) is 13.6. The number of benzene rings is 1. The fraction of sp³-hybridized carbons (Fsp3) is 0.812. The topological polar surface area (TPSA) is 100 Å². The van der Waals surface area contributed by atoms with Gasteiger partial charge in [-0.25, -0.2) is 0 Å². The molecule has 10 nitrogen and oxygen atoms in total. The van der Waals surface area contributed by atoms with Gasteiger partial charge in [0.2, 0.25) is 0 Å². The van der Waals surface area contributed by atoms with Crippen molar-refractivity contribution in [3.63, 3.8) is 0 Å². The Hall–Kier alpha value is -1.18. The Morgan fingerprint density at radius 2 is 0.643 bits per heavy atom. The molecule has 0 spiro atoms. The van der Waals surface area contributed by atoms with E-state index in [1.165, 1.54) is 11.1 Å². The van der Waals surface area contributed by atoms with Crippen LogP contribution in [0.25, 0.3) is 0 Å². The van der Waals surface area contributed by atoms with Crippen molar-refractivity contribution in [2.75, 3.05) is 105 Å². The minimum Gasteiger partial charge on any atom is -0.392 e. The normalized spacial score (nSPS) is 23.6. The van der Waals surface area contributed by atoms with Crippen LogP contribution in [0.3, 0.4) is 0 Å². The van der Waals surface area contributed by atoms with E-state index in [-0.39, 0.29) is 24.4 Å². The molecule has 42 heavy (non-hydrogen) atoms. The molecular formula is C32H60N6O4. The van der Waals surface area contributed by atoms with Crippen molar-refractivity contribution in [2.24, 2.45) is 0 Å². The average molecular weight is 593 g/mol. The van der Waals surface area contributed by atoms with Gasteiger partial charge in [0.1, 0.15) is 0 Å². The molecule has 1 aromatic carbocycles. The van der Waals surface area contributed by atoms with E-state index in [2.05, 4.69) is 53.7 Å². The van der Waals surface area contributed by atoms with Crippen molar-refractivity contribution < 1.29 is 20.4 Å². The highest BCUT2D eigenvalue weighted by Crippen LogP contribution is 2.16. The van der Waals surface area contributed by atoms with Crippen LogP contribution in [-0.4, -0.2) is 179 Å². The van der Waals surface area contributed by atoms with Crippen LogP contribution < -0.4 is 0 Å². The van der Waals surface area contributed by atoms with Crippen LogP contribution in [0.4, 0.5) is 0 Å². The smallest absolute Gasteiger partial charge is 0.0639 e. The molecule has 0 aromatic heterocycles. The lowest BCUT2D eigenvalue weighted by Crippen LogP contribution is -2.41. The third-order valence-electron chi connectivity index (χ3n) is 8.39. The van der Waals surface area contributed by atoms with Crippen LogP contribution in [0.5, 0.6) is 0 Å². The quantitative estimate of drug-likeness (QED) is 0.267. The summed E-state index contributed by atoms with van der Waals surface area (Å²) in [5.74, 6) is 0. The van der Waals surface area contributed by atoms with Crippen LogP contribution in [0.2, 0.25) is 0 Å². The number of aliphatic hydroxyl groups excluding tert-OH is 4. The Kier molecular flexibility index (Phi) is 15.6. The first-order chi connectivity index (χ1) is 20.1. The van der Waals surface area contributed by atoms with Crippen molar-refractivity contribution in [3.05, 3.63) is 35.4 Å². The van der Waals surface area contributed by atoms with Crippen molar-refractivity contribution in [1.82, 2.24) is 29.4 Å². The molecule has 0 radical (unpaired) electrons. The Bertz CT molecular complexity index is 760. The minimum atomic E-state index is -0.361. The number of nitrogens with zero attached hydrogens (tertiary/aromatic N) is 6. The van der Waals surface area contributed by atoms with Gasteiger partial charge in [-0.2, -0.15) is 0 Å². The molecule has 2 heterocycles. The molecule has 4 N–H and O–H groups in total. The zero-order valence-corrected chi connectivity index (χ0v) is 26.8. The maximum atomic E-state index is 10.1. The maximum Gasteiger partial charge on any atom is 0.0639 e. The Balaban J connectivity index is 1.71. The summed E-state index contributed by atoms with van der Waals surface area (Å²) in [5, 5.41) is 40.3. The highest BCUT2D eigenvalue weighted by Gasteiger charge is 2.21. The molecule has 10 heteroatoms. The van der Waals surface area contributed by atoms with Crippen molar-refractivity contribution >= 4 is 0 Å². The summed E-state index contributed by atoms with van der Waals surface area (Å²) >= 11 is 0. The Morgan fingerprint density at radius 1 is 0.429 bits per heavy atom. The van der Waals surface area contributed by atoms with Gasteiger partial charge in [-0.15, -0.1) is 0 Å². The third-order valence-corrected chi connectivity index (χ3v) is 8.39. The molecule has 0 bridgehead atoms. The van der Waals surface area contributed by atoms with Gasteiger partial charge < -0.3 is 20.4 Å². The van der Waals surface area contributed by atoms with Gasteiger partial charge in [0.05, 0.1) is 24.4 Å². The van der Waals surface area contributed by atoms with E-state index < -0.39 is 0 Å². The van der Waals surface area contributed by atoms with Gasteiger partial charge in [0, 0.05) is 118 Å². The van der Waals surface area contributed by atoms with Crippen molar-refractivity contribution in [2.45, 2.75) is 65.2 Å². The van der Waals surface area contributed by atoms with E-state index in [4.69, 9.17) is 0 Å². The number of rotatable bonds is 12. The van der Waals surface area contributed by atoms with E-state index in [1.54, 1.807) is 0 Å². The summed E-state index contributed by atoms with van der Waals surface area (Å²) < 4.78 is 0. The minimum absolute atomic E-state index is 0.361. The highest BCUT2D eigenvalue weighted by atomic mass is 16.3. The fourth-order valence-corrected chi connectivity index (χ4v) is 6.26. The predicted molar refractivity (Wildman–Crippen MR) is 169 cm³/mol. The van der Waals surface area contributed by atoms with Crippen LogP contribution >= 0.6 is 0 Å². The first-order valence-corrected chi connectivity index (χ1v) is 16.2. The van der Waals surface area contributed by atoms with Crippen LogP contribution in [0.1, 0.15) is 38.8 Å². The molecule has 2 aliphatic rings. The zero-order valence-electron chi connectivity index (χ0n) is 26.8. The van der Waals surface area contributed by atoms with E-state index in [1.807, 2.05) is 27.7 Å². The second-order valence-corrected chi connectivity index (χ2v) is 12.9. The van der Waals surface area contributed by atoms with E-state index >= 15 is 0 Å². The van der Waals surface area contributed by atoms with Gasteiger partial charge in [0.15, 0.2) is 0 Å². The maximum absolute atomic E-state index is 10.1. The first kappa shape index (κ1) is 35.3. The molecule has 2 aliphatic heterocycles. The summed E-state index contributed by atoms with van der Waals surface area (Å²) in [6.07, 6.45) is -1.44. The van der Waals surface area contributed by atoms with Gasteiger partial charge in [-0.3, -0.25) is 29.4 Å². The summed E-state index contributed by atoms with van der Waals surface area (Å²) in [6, 6.07) is 8.81. The highest BCUT2D eigenvalue weighted by molar-refractivity contribution is 5.27. The number of hydrogen-bond acceptors (Lipinski definition) is 10. The van der Waals surface area contributed by atoms with Crippen LogP contribution in [0.15, 0.2) is 24.3 Å². The Labute approximate surface area is 255 Å². The molecule has 4 atom stereocenters. The van der Waals surface area contributed by atoms with Crippen LogP contribution in [0, 0.1) is 0 Å². The van der Waals surface area contributed by atoms with Crippen molar-refractivity contribution in [1.29, 1.82) is 0 Å². The lowest BCUT2D eigenvalue weighted by molar-refractivity contribution is 0.102. The van der Waals surface area contributed by atoms with Gasteiger partial charge >= 0.3 is 0 Å². The molecule has 242 valence electrons. The summed E-state index contributed by atoms with van der Waals surface area (Å²) in [7, 11) is 0. The molecule has 0 aliphatic carbocycles. The Morgan fingerprint density at radius 3 is 0.857 bits per heavy atom.